The van der Waals surface area contributed by atoms with Crippen molar-refractivity contribution in [1.29, 1.82) is 0 Å². The van der Waals surface area contributed by atoms with Crippen molar-refractivity contribution in [2.45, 2.75) is 38.4 Å². The standard InChI is InChI=1S/C15H18F3NO2/c16-15(17,18)13-9-11(5-6-12(13)14(20)21)10-19-7-3-1-2-4-8-19/h5-6,9H,1-4,7-8,10H2,(H,20,21). The molecule has 0 atom stereocenters. The first-order valence-corrected chi connectivity index (χ1v) is 7.03. The van der Waals surface area contributed by atoms with Gasteiger partial charge in [-0.05, 0) is 43.6 Å². The van der Waals surface area contributed by atoms with Crippen molar-refractivity contribution in [3.05, 3.63) is 34.9 Å². The van der Waals surface area contributed by atoms with Crippen LogP contribution in [0.15, 0.2) is 18.2 Å². The molecule has 116 valence electrons. The molecule has 2 rings (SSSR count). The van der Waals surface area contributed by atoms with Crippen LogP contribution in [0.1, 0.15) is 47.2 Å². The summed E-state index contributed by atoms with van der Waals surface area (Å²) in [7, 11) is 0. The van der Waals surface area contributed by atoms with Crippen LogP contribution < -0.4 is 0 Å². The Labute approximate surface area is 121 Å². The highest BCUT2D eigenvalue weighted by molar-refractivity contribution is 5.89. The number of carboxylic acid groups (broad SMARTS) is 1. The van der Waals surface area contributed by atoms with E-state index in [-0.39, 0.29) is 0 Å². The van der Waals surface area contributed by atoms with Gasteiger partial charge in [0.1, 0.15) is 0 Å². The summed E-state index contributed by atoms with van der Waals surface area (Å²) in [6.07, 6.45) is -0.230. The number of alkyl halides is 3. The summed E-state index contributed by atoms with van der Waals surface area (Å²) < 4.78 is 38.9. The number of halogens is 3. The Balaban J connectivity index is 2.22. The van der Waals surface area contributed by atoms with E-state index in [2.05, 4.69) is 4.90 Å². The number of benzene rings is 1. The fourth-order valence-electron chi connectivity index (χ4n) is 2.66. The van der Waals surface area contributed by atoms with Crippen LogP contribution in [-0.4, -0.2) is 29.1 Å². The van der Waals surface area contributed by atoms with Gasteiger partial charge in [0.15, 0.2) is 0 Å². The molecule has 0 saturated carbocycles. The van der Waals surface area contributed by atoms with Gasteiger partial charge in [0.25, 0.3) is 0 Å². The van der Waals surface area contributed by atoms with Crippen molar-refractivity contribution in [2.24, 2.45) is 0 Å². The molecular weight excluding hydrogens is 283 g/mol. The highest BCUT2D eigenvalue weighted by Gasteiger charge is 2.35. The van der Waals surface area contributed by atoms with E-state index >= 15 is 0 Å². The second-order valence-electron chi connectivity index (χ2n) is 5.37. The van der Waals surface area contributed by atoms with E-state index in [1.54, 1.807) is 0 Å². The minimum Gasteiger partial charge on any atom is -0.478 e. The maximum Gasteiger partial charge on any atom is 0.417 e. The van der Waals surface area contributed by atoms with E-state index < -0.39 is 23.3 Å². The summed E-state index contributed by atoms with van der Waals surface area (Å²) in [6, 6.07) is 3.50. The van der Waals surface area contributed by atoms with Crippen LogP contribution in [0.5, 0.6) is 0 Å². The lowest BCUT2D eigenvalue weighted by Crippen LogP contribution is -2.24. The molecule has 1 fully saturated rings. The van der Waals surface area contributed by atoms with Gasteiger partial charge in [0, 0.05) is 6.54 Å². The van der Waals surface area contributed by atoms with Crippen molar-refractivity contribution < 1.29 is 23.1 Å². The second kappa shape index (κ2) is 6.47. The topological polar surface area (TPSA) is 40.5 Å². The lowest BCUT2D eigenvalue weighted by molar-refractivity contribution is -0.138. The number of carbonyl (C=O) groups is 1. The van der Waals surface area contributed by atoms with E-state index in [0.717, 1.165) is 50.9 Å². The van der Waals surface area contributed by atoms with Crippen LogP contribution in [0, 0.1) is 0 Å². The summed E-state index contributed by atoms with van der Waals surface area (Å²) >= 11 is 0. The van der Waals surface area contributed by atoms with Crippen LogP contribution in [0.25, 0.3) is 0 Å². The first-order valence-electron chi connectivity index (χ1n) is 7.03. The summed E-state index contributed by atoms with van der Waals surface area (Å²) in [6.45, 7) is 2.19. The largest absolute Gasteiger partial charge is 0.478 e. The van der Waals surface area contributed by atoms with E-state index in [4.69, 9.17) is 5.11 Å². The molecule has 0 aliphatic carbocycles. The SMILES string of the molecule is O=C(O)c1ccc(CN2CCCCCC2)cc1C(F)(F)F. The average molecular weight is 301 g/mol. The minimum atomic E-state index is -4.65. The fourth-order valence-corrected chi connectivity index (χ4v) is 2.66. The number of aromatic carboxylic acids is 1. The normalized spacial score (nSPS) is 17.5. The van der Waals surface area contributed by atoms with Gasteiger partial charge >= 0.3 is 12.1 Å². The molecule has 3 nitrogen and oxygen atoms in total. The van der Waals surface area contributed by atoms with Crippen molar-refractivity contribution in [3.8, 4) is 0 Å². The van der Waals surface area contributed by atoms with Crippen LogP contribution >= 0.6 is 0 Å². The number of nitrogens with zero attached hydrogens (tertiary/aromatic N) is 1. The van der Waals surface area contributed by atoms with Crippen LogP contribution in [0.4, 0.5) is 13.2 Å². The number of likely N-dealkylation sites (tertiary alicyclic amines) is 1. The number of hydrogen-bond donors (Lipinski definition) is 1. The Hall–Kier alpha value is -1.56. The van der Waals surface area contributed by atoms with Gasteiger partial charge in [-0.1, -0.05) is 18.9 Å². The smallest absolute Gasteiger partial charge is 0.417 e. The first kappa shape index (κ1) is 15.8. The van der Waals surface area contributed by atoms with Crippen molar-refractivity contribution >= 4 is 5.97 Å². The van der Waals surface area contributed by atoms with Crippen LogP contribution in [0.2, 0.25) is 0 Å². The fraction of sp³-hybridized carbons (Fsp3) is 0.533. The molecule has 0 aromatic heterocycles. The third-order valence-electron chi connectivity index (χ3n) is 3.72. The van der Waals surface area contributed by atoms with Gasteiger partial charge in [-0.25, -0.2) is 4.79 Å². The molecular formula is C15H18F3NO2. The van der Waals surface area contributed by atoms with Gasteiger partial charge in [0.2, 0.25) is 0 Å². The van der Waals surface area contributed by atoms with Crippen molar-refractivity contribution in [2.75, 3.05) is 13.1 Å². The molecule has 21 heavy (non-hydrogen) atoms. The molecule has 0 spiro atoms. The van der Waals surface area contributed by atoms with Crippen molar-refractivity contribution in [3.63, 3.8) is 0 Å². The molecule has 1 saturated heterocycles. The highest BCUT2D eigenvalue weighted by Crippen LogP contribution is 2.33. The van der Waals surface area contributed by atoms with Gasteiger partial charge < -0.3 is 5.11 Å². The second-order valence-corrected chi connectivity index (χ2v) is 5.37. The average Bonchev–Trinajstić information content (AvgIpc) is 2.66. The molecule has 0 amide bonds. The van der Waals surface area contributed by atoms with E-state index in [0.29, 0.717) is 12.1 Å². The van der Waals surface area contributed by atoms with Gasteiger partial charge in [-0.15, -0.1) is 0 Å². The van der Waals surface area contributed by atoms with Gasteiger partial charge in [-0.2, -0.15) is 13.2 Å². The quantitative estimate of drug-likeness (QED) is 0.923. The Morgan fingerprint density at radius 1 is 1.14 bits per heavy atom. The third-order valence-corrected chi connectivity index (χ3v) is 3.72. The Morgan fingerprint density at radius 3 is 2.29 bits per heavy atom. The summed E-state index contributed by atoms with van der Waals surface area (Å²) in [5, 5.41) is 8.87. The van der Waals surface area contributed by atoms with E-state index in [1.165, 1.54) is 6.07 Å². The molecule has 6 heteroatoms. The van der Waals surface area contributed by atoms with E-state index in [9.17, 15) is 18.0 Å². The summed E-state index contributed by atoms with van der Waals surface area (Å²) in [5.41, 5.74) is -1.25. The Bertz CT molecular complexity index is 506. The predicted octanol–water partition coefficient (Wildman–Crippen LogP) is 3.78. The van der Waals surface area contributed by atoms with Gasteiger partial charge in [0.05, 0.1) is 11.1 Å². The van der Waals surface area contributed by atoms with Crippen molar-refractivity contribution in [1.82, 2.24) is 4.90 Å². The lowest BCUT2D eigenvalue weighted by Gasteiger charge is -2.21. The molecule has 0 unspecified atom stereocenters. The predicted molar refractivity (Wildman–Crippen MR) is 72.1 cm³/mol. The zero-order valence-electron chi connectivity index (χ0n) is 11.6. The first-order chi connectivity index (χ1) is 9.88. The minimum absolute atomic E-state index is 0.434. The van der Waals surface area contributed by atoms with Gasteiger partial charge in [-0.3, -0.25) is 4.90 Å². The Kier molecular flexibility index (Phi) is 4.88. The van der Waals surface area contributed by atoms with Crippen LogP contribution in [0.3, 0.4) is 0 Å². The zero-order valence-corrected chi connectivity index (χ0v) is 11.6. The molecule has 1 heterocycles. The van der Waals surface area contributed by atoms with Crippen LogP contribution in [-0.2, 0) is 12.7 Å². The highest BCUT2D eigenvalue weighted by atomic mass is 19.4. The molecule has 1 aliphatic heterocycles. The number of hydrogen-bond acceptors (Lipinski definition) is 2. The molecule has 1 aliphatic rings. The lowest BCUT2D eigenvalue weighted by atomic mass is 10.0. The molecule has 0 bridgehead atoms. The maximum atomic E-state index is 13.0. The number of rotatable bonds is 3. The molecule has 1 aromatic carbocycles. The molecule has 1 aromatic rings. The summed E-state index contributed by atoms with van der Waals surface area (Å²) in [4.78, 5) is 13.0. The summed E-state index contributed by atoms with van der Waals surface area (Å²) in [5.74, 6) is -1.55. The third kappa shape index (κ3) is 4.20. The monoisotopic (exact) mass is 301 g/mol. The molecule has 0 radical (unpaired) electrons. The van der Waals surface area contributed by atoms with E-state index in [1.807, 2.05) is 0 Å². The zero-order chi connectivity index (χ0) is 15.5. The Morgan fingerprint density at radius 2 is 1.76 bits per heavy atom. The number of carboxylic acids is 1. The maximum absolute atomic E-state index is 13.0. The molecule has 1 N–H and O–H groups in total.